The SMILES string of the molecule is CNCCC1CCN(C(=O)CCOc2ccc(Cl)c(Cl)c2)CC1.Cl. The van der Waals surface area contributed by atoms with E-state index in [1.54, 1.807) is 18.2 Å². The molecular formula is C17H25Cl3N2O2. The van der Waals surface area contributed by atoms with Gasteiger partial charge in [-0.2, -0.15) is 0 Å². The first kappa shape index (κ1) is 21.4. The zero-order valence-electron chi connectivity index (χ0n) is 13.9. The summed E-state index contributed by atoms with van der Waals surface area (Å²) in [6.07, 6.45) is 3.78. The molecule has 2 rings (SSSR count). The third-order valence-corrected chi connectivity index (χ3v) is 4.98. The molecule has 1 fully saturated rings. The molecule has 1 aromatic rings. The van der Waals surface area contributed by atoms with Gasteiger partial charge in [0.25, 0.3) is 0 Å². The first-order valence-corrected chi connectivity index (χ1v) is 8.86. The quantitative estimate of drug-likeness (QED) is 0.758. The van der Waals surface area contributed by atoms with E-state index >= 15 is 0 Å². The minimum Gasteiger partial charge on any atom is -0.493 e. The van der Waals surface area contributed by atoms with Crippen LogP contribution in [-0.4, -0.2) is 44.1 Å². The summed E-state index contributed by atoms with van der Waals surface area (Å²) >= 11 is 11.8. The number of likely N-dealkylation sites (tertiary alicyclic amines) is 1. The van der Waals surface area contributed by atoms with Gasteiger partial charge in [-0.25, -0.2) is 0 Å². The van der Waals surface area contributed by atoms with Crippen LogP contribution in [-0.2, 0) is 4.79 Å². The van der Waals surface area contributed by atoms with Crippen LogP contribution in [0, 0.1) is 5.92 Å². The molecular weight excluding hydrogens is 371 g/mol. The fourth-order valence-corrected chi connectivity index (χ4v) is 3.09. The van der Waals surface area contributed by atoms with E-state index in [0.717, 1.165) is 38.4 Å². The van der Waals surface area contributed by atoms with Crippen LogP contribution in [0.25, 0.3) is 0 Å². The molecule has 7 heteroatoms. The summed E-state index contributed by atoms with van der Waals surface area (Å²) in [5.41, 5.74) is 0. The smallest absolute Gasteiger partial charge is 0.225 e. The van der Waals surface area contributed by atoms with Crippen LogP contribution < -0.4 is 10.1 Å². The molecule has 0 atom stereocenters. The average Bonchev–Trinajstić information content (AvgIpc) is 2.56. The molecule has 0 aromatic heterocycles. The Morgan fingerprint density at radius 3 is 2.62 bits per heavy atom. The van der Waals surface area contributed by atoms with E-state index in [4.69, 9.17) is 27.9 Å². The molecule has 0 aliphatic carbocycles. The van der Waals surface area contributed by atoms with Crippen molar-refractivity contribution in [1.82, 2.24) is 10.2 Å². The van der Waals surface area contributed by atoms with Gasteiger partial charge in [-0.15, -0.1) is 12.4 Å². The Morgan fingerprint density at radius 2 is 2.00 bits per heavy atom. The summed E-state index contributed by atoms with van der Waals surface area (Å²) in [5.74, 6) is 1.54. The number of hydrogen-bond donors (Lipinski definition) is 1. The highest BCUT2D eigenvalue weighted by Crippen LogP contribution is 2.26. The van der Waals surface area contributed by atoms with E-state index < -0.39 is 0 Å². The largest absolute Gasteiger partial charge is 0.493 e. The number of amides is 1. The Labute approximate surface area is 160 Å². The summed E-state index contributed by atoms with van der Waals surface area (Å²) in [7, 11) is 1.98. The number of nitrogens with zero attached hydrogens (tertiary/aromatic N) is 1. The van der Waals surface area contributed by atoms with Crippen molar-refractivity contribution >= 4 is 41.5 Å². The monoisotopic (exact) mass is 394 g/mol. The van der Waals surface area contributed by atoms with Crippen LogP contribution in [0.4, 0.5) is 0 Å². The van der Waals surface area contributed by atoms with Crippen LogP contribution in [0.5, 0.6) is 5.75 Å². The molecule has 1 saturated heterocycles. The first-order valence-electron chi connectivity index (χ1n) is 8.10. The maximum absolute atomic E-state index is 12.2. The van der Waals surface area contributed by atoms with Gasteiger partial charge in [0.05, 0.1) is 23.1 Å². The number of halogens is 3. The number of nitrogens with one attached hydrogen (secondary N) is 1. The minimum atomic E-state index is 0. The highest BCUT2D eigenvalue weighted by molar-refractivity contribution is 6.42. The summed E-state index contributed by atoms with van der Waals surface area (Å²) in [4.78, 5) is 14.2. The lowest BCUT2D eigenvalue weighted by Crippen LogP contribution is -2.39. The Bertz CT molecular complexity index is 521. The molecule has 1 aromatic carbocycles. The summed E-state index contributed by atoms with van der Waals surface area (Å²) in [6.45, 7) is 3.13. The number of piperidine rings is 1. The van der Waals surface area contributed by atoms with Crippen molar-refractivity contribution in [1.29, 1.82) is 0 Å². The molecule has 1 amide bonds. The number of hydrogen-bond acceptors (Lipinski definition) is 3. The zero-order chi connectivity index (χ0) is 16.7. The number of rotatable bonds is 7. The van der Waals surface area contributed by atoms with Crippen molar-refractivity contribution in [3.8, 4) is 5.75 Å². The molecule has 1 heterocycles. The first-order chi connectivity index (χ1) is 11.1. The molecule has 0 bridgehead atoms. The van der Waals surface area contributed by atoms with Crippen molar-refractivity contribution in [2.45, 2.75) is 25.7 Å². The lowest BCUT2D eigenvalue weighted by Gasteiger charge is -2.32. The fraction of sp³-hybridized carbons (Fsp3) is 0.588. The van der Waals surface area contributed by atoms with Gasteiger partial charge in [-0.05, 0) is 50.9 Å². The number of ether oxygens (including phenoxy) is 1. The molecule has 136 valence electrons. The minimum absolute atomic E-state index is 0. The van der Waals surface area contributed by atoms with Crippen molar-refractivity contribution in [2.75, 3.05) is 33.3 Å². The highest BCUT2D eigenvalue weighted by Gasteiger charge is 2.22. The third-order valence-electron chi connectivity index (χ3n) is 4.25. The fourth-order valence-electron chi connectivity index (χ4n) is 2.80. The maximum atomic E-state index is 12.2. The highest BCUT2D eigenvalue weighted by atomic mass is 35.5. The van der Waals surface area contributed by atoms with Crippen molar-refractivity contribution in [3.05, 3.63) is 28.2 Å². The Balaban J connectivity index is 0.00000288. The van der Waals surface area contributed by atoms with E-state index in [-0.39, 0.29) is 18.3 Å². The van der Waals surface area contributed by atoms with Gasteiger partial charge in [0.2, 0.25) is 5.91 Å². The van der Waals surface area contributed by atoms with E-state index in [0.29, 0.717) is 28.8 Å². The van der Waals surface area contributed by atoms with Gasteiger partial charge < -0.3 is 15.0 Å². The summed E-state index contributed by atoms with van der Waals surface area (Å²) < 4.78 is 5.58. The standard InChI is InChI=1S/C17H24Cl2N2O2.ClH/c1-20-8-4-13-5-9-21(10-6-13)17(22)7-11-23-14-2-3-15(18)16(19)12-14;/h2-3,12-13,20H,4-11H2,1H3;1H. The summed E-state index contributed by atoms with van der Waals surface area (Å²) in [5, 5.41) is 4.14. The molecule has 1 aliphatic rings. The van der Waals surface area contributed by atoms with Crippen molar-refractivity contribution in [2.24, 2.45) is 5.92 Å². The Kier molecular flexibility index (Phi) is 9.82. The van der Waals surface area contributed by atoms with Crippen molar-refractivity contribution in [3.63, 3.8) is 0 Å². The third kappa shape index (κ3) is 6.67. The van der Waals surface area contributed by atoms with Crippen molar-refractivity contribution < 1.29 is 9.53 Å². The second-order valence-corrected chi connectivity index (χ2v) is 6.71. The summed E-state index contributed by atoms with van der Waals surface area (Å²) in [6, 6.07) is 5.12. The molecule has 0 spiro atoms. The van der Waals surface area contributed by atoms with Gasteiger partial charge in [0, 0.05) is 19.2 Å². The van der Waals surface area contributed by atoms with Crippen LogP contribution in [0.1, 0.15) is 25.7 Å². The average molecular weight is 396 g/mol. The molecule has 0 saturated carbocycles. The zero-order valence-corrected chi connectivity index (χ0v) is 16.2. The van der Waals surface area contributed by atoms with E-state index in [1.165, 1.54) is 6.42 Å². The van der Waals surface area contributed by atoms with Gasteiger partial charge in [-0.3, -0.25) is 4.79 Å². The Hall–Kier alpha value is -0.680. The van der Waals surface area contributed by atoms with Crippen LogP contribution in [0.3, 0.4) is 0 Å². The molecule has 24 heavy (non-hydrogen) atoms. The number of benzene rings is 1. The van der Waals surface area contributed by atoms with Crippen LogP contribution in [0.15, 0.2) is 18.2 Å². The molecule has 4 nitrogen and oxygen atoms in total. The lowest BCUT2D eigenvalue weighted by atomic mass is 9.93. The molecule has 0 unspecified atom stereocenters. The second-order valence-electron chi connectivity index (χ2n) is 5.89. The van der Waals surface area contributed by atoms with E-state index in [9.17, 15) is 4.79 Å². The lowest BCUT2D eigenvalue weighted by molar-refractivity contribution is -0.133. The van der Waals surface area contributed by atoms with E-state index in [2.05, 4.69) is 5.32 Å². The van der Waals surface area contributed by atoms with E-state index in [1.807, 2.05) is 11.9 Å². The van der Waals surface area contributed by atoms with Crippen LogP contribution in [0.2, 0.25) is 10.0 Å². The number of carbonyl (C=O) groups excluding carboxylic acids is 1. The second kappa shape index (κ2) is 11.0. The molecule has 1 N–H and O–H groups in total. The normalized spacial score (nSPS) is 15.0. The molecule has 0 radical (unpaired) electrons. The van der Waals surface area contributed by atoms with Crippen LogP contribution >= 0.6 is 35.6 Å². The van der Waals surface area contributed by atoms with Gasteiger partial charge in [-0.1, -0.05) is 23.2 Å². The topological polar surface area (TPSA) is 41.6 Å². The number of carbonyl (C=O) groups is 1. The van der Waals surface area contributed by atoms with Gasteiger partial charge in [0.15, 0.2) is 0 Å². The Morgan fingerprint density at radius 1 is 1.29 bits per heavy atom. The maximum Gasteiger partial charge on any atom is 0.225 e. The van der Waals surface area contributed by atoms with Gasteiger partial charge >= 0.3 is 0 Å². The molecule has 1 aliphatic heterocycles. The van der Waals surface area contributed by atoms with Gasteiger partial charge in [0.1, 0.15) is 5.75 Å². The predicted molar refractivity (Wildman–Crippen MR) is 102 cm³/mol. The predicted octanol–water partition coefficient (Wildman–Crippen LogP) is 4.03.